The molecule has 8 heteroatoms. The monoisotopic (exact) mass is 353 g/mol. The number of rotatable bonds is 8. The topological polar surface area (TPSA) is 94.3 Å². The Balaban J connectivity index is 2.22. The number of sulfonamides is 1. The smallest absolute Gasteiger partial charge is 0.241 e. The maximum atomic E-state index is 12.6. The molecule has 1 aromatic heterocycles. The third-order valence-corrected chi connectivity index (χ3v) is 4.78. The lowest BCUT2D eigenvalue weighted by molar-refractivity contribution is 0.340. The number of nitrogens with zero attached hydrogens (tertiary/aromatic N) is 2. The largest absolute Gasteiger partial charge is 0.494 e. The molecule has 0 aliphatic carbocycles. The van der Waals surface area contributed by atoms with Gasteiger partial charge < -0.3 is 9.15 Å². The van der Waals surface area contributed by atoms with Crippen LogP contribution in [0.3, 0.4) is 0 Å². The molecule has 0 amide bonds. The van der Waals surface area contributed by atoms with Gasteiger partial charge in [-0.1, -0.05) is 13.8 Å². The van der Waals surface area contributed by atoms with Crippen molar-refractivity contribution in [2.45, 2.75) is 45.1 Å². The highest BCUT2D eigenvalue weighted by molar-refractivity contribution is 7.89. The predicted octanol–water partition coefficient (Wildman–Crippen LogP) is 2.84. The highest BCUT2D eigenvalue weighted by Crippen LogP contribution is 2.24. The fourth-order valence-corrected chi connectivity index (χ4v) is 3.46. The standard InChI is InChI=1S/C16H23N3O4S/c1-5-22-13-6-8-14(9-7-13)24(20,21)19-15(10-11(2)3)16-18-17-12(4)23-16/h6-9,11,15,19H,5,10H2,1-4H3. The van der Waals surface area contributed by atoms with Gasteiger partial charge in [0, 0.05) is 6.92 Å². The van der Waals surface area contributed by atoms with Crippen LogP contribution in [0.15, 0.2) is 33.6 Å². The Morgan fingerprint density at radius 1 is 1.21 bits per heavy atom. The number of hydrogen-bond acceptors (Lipinski definition) is 6. The highest BCUT2D eigenvalue weighted by atomic mass is 32.2. The zero-order valence-corrected chi connectivity index (χ0v) is 15.1. The van der Waals surface area contributed by atoms with Gasteiger partial charge in [-0.25, -0.2) is 8.42 Å². The number of aryl methyl sites for hydroxylation is 1. The zero-order chi connectivity index (χ0) is 17.7. The first-order chi connectivity index (χ1) is 11.3. The molecule has 0 radical (unpaired) electrons. The average molecular weight is 353 g/mol. The van der Waals surface area contributed by atoms with Crippen molar-refractivity contribution >= 4 is 10.0 Å². The van der Waals surface area contributed by atoms with Crippen LogP contribution in [0.2, 0.25) is 0 Å². The highest BCUT2D eigenvalue weighted by Gasteiger charge is 2.26. The van der Waals surface area contributed by atoms with E-state index in [4.69, 9.17) is 9.15 Å². The molecule has 1 heterocycles. The van der Waals surface area contributed by atoms with Crippen molar-refractivity contribution in [3.05, 3.63) is 36.0 Å². The first-order valence-electron chi connectivity index (χ1n) is 7.87. The summed E-state index contributed by atoms with van der Waals surface area (Å²) >= 11 is 0. The zero-order valence-electron chi connectivity index (χ0n) is 14.3. The first kappa shape index (κ1) is 18.4. The summed E-state index contributed by atoms with van der Waals surface area (Å²) in [5.41, 5.74) is 0. The van der Waals surface area contributed by atoms with Gasteiger partial charge in [0.1, 0.15) is 11.8 Å². The van der Waals surface area contributed by atoms with Crippen molar-refractivity contribution in [2.24, 2.45) is 5.92 Å². The molecule has 0 saturated carbocycles. The van der Waals surface area contributed by atoms with Crippen LogP contribution in [0.5, 0.6) is 5.75 Å². The molecular weight excluding hydrogens is 330 g/mol. The molecule has 7 nitrogen and oxygen atoms in total. The van der Waals surface area contributed by atoms with Crippen molar-refractivity contribution in [2.75, 3.05) is 6.61 Å². The number of nitrogens with one attached hydrogen (secondary N) is 1. The van der Waals surface area contributed by atoms with Gasteiger partial charge in [-0.2, -0.15) is 4.72 Å². The van der Waals surface area contributed by atoms with Crippen molar-refractivity contribution in [3.8, 4) is 5.75 Å². The van der Waals surface area contributed by atoms with E-state index in [9.17, 15) is 8.42 Å². The quantitative estimate of drug-likeness (QED) is 0.784. The molecule has 1 unspecified atom stereocenters. The van der Waals surface area contributed by atoms with Crippen molar-refractivity contribution in [1.82, 2.24) is 14.9 Å². The van der Waals surface area contributed by atoms with Gasteiger partial charge in [0.05, 0.1) is 11.5 Å². The van der Waals surface area contributed by atoms with Crippen LogP contribution in [0.25, 0.3) is 0 Å². The van der Waals surface area contributed by atoms with E-state index < -0.39 is 16.1 Å². The van der Waals surface area contributed by atoms with Gasteiger partial charge in [-0.05, 0) is 43.5 Å². The van der Waals surface area contributed by atoms with Crippen molar-refractivity contribution < 1.29 is 17.6 Å². The van der Waals surface area contributed by atoms with Crippen LogP contribution in [0.4, 0.5) is 0 Å². The van der Waals surface area contributed by atoms with E-state index in [0.717, 1.165) is 0 Å². The SMILES string of the molecule is CCOc1ccc(S(=O)(=O)NC(CC(C)C)c2nnc(C)o2)cc1. The van der Waals surface area contributed by atoms with Crippen LogP contribution < -0.4 is 9.46 Å². The maximum absolute atomic E-state index is 12.6. The van der Waals surface area contributed by atoms with E-state index in [-0.39, 0.29) is 16.7 Å². The lowest BCUT2D eigenvalue weighted by Gasteiger charge is -2.17. The third-order valence-electron chi connectivity index (χ3n) is 3.29. The summed E-state index contributed by atoms with van der Waals surface area (Å²) in [5, 5.41) is 7.73. The molecule has 0 aliphatic heterocycles. The molecule has 2 aromatic rings. The van der Waals surface area contributed by atoms with Gasteiger partial charge in [0.15, 0.2) is 0 Å². The number of hydrogen-bond donors (Lipinski definition) is 1. The average Bonchev–Trinajstić information content (AvgIpc) is 2.93. The Kier molecular flexibility index (Phi) is 5.95. The first-order valence-corrected chi connectivity index (χ1v) is 9.35. The van der Waals surface area contributed by atoms with E-state index >= 15 is 0 Å². The van der Waals surface area contributed by atoms with Crippen LogP contribution in [0.1, 0.15) is 45.0 Å². The summed E-state index contributed by atoms with van der Waals surface area (Å²) in [5.74, 6) is 1.56. The molecular formula is C16H23N3O4S. The van der Waals surface area contributed by atoms with E-state index in [1.807, 2.05) is 20.8 Å². The minimum Gasteiger partial charge on any atom is -0.494 e. The minimum atomic E-state index is -3.71. The Bertz CT molecular complexity index is 754. The predicted molar refractivity (Wildman–Crippen MR) is 89.2 cm³/mol. The fourth-order valence-electron chi connectivity index (χ4n) is 2.26. The summed E-state index contributed by atoms with van der Waals surface area (Å²) < 4.78 is 38.7. The normalized spacial score (nSPS) is 13.2. The van der Waals surface area contributed by atoms with Gasteiger partial charge in [0.25, 0.3) is 0 Å². The second-order valence-electron chi connectivity index (χ2n) is 5.87. The lowest BCUT2D eigenvalue weighted by Crippen LogP contribution is -2.30. The third kappa shape index (κ3) is 4.78. The Labute approximate surface area is 142 Å². The van der Waals surface area contributed by atoms with Crippen LogP contribution in [0, 0.1) is 12.8 Å². The summed E-state index contributed by atoms with van der Waals surface area (Å²) in [6, 6.07) is 5.72. The summed E-state index contributed by atoms with van der Waals surface area (Å²) in [6.45, 7) is 8.07. The minimum absolute atomic E-state index is 0.163. The lowest BCUT2D eigenvalue weighted by atomic mass is 10.0. The molecule has 0 aliphatic rings. The van der Waals surface area contributed by atoms with Gasteiger partial charge in [0.2, 0.25) is 21.8 Å². The van der Waals surface area contributed by atoms with Gasteiger partial charge in [-0.15, -0.1) is 10.2 Å². The van der Waals surface area contributed by atoms with Crippen LogP contribution in [-0.2, 0) is 10.0 Å². The second kappa shape index (κ2) is 7.76. The van der Waals surface area contributed by atoms with Crippen LogP contribution in [-0.4, -0.2) is 25.2 Å². The molecule has 0 fully saturated rings. The van der Waals surface area contributed by atoms with E-state index in [1.54, 1.807) is 19.1 Å². The van der Waals surface area contributed by atoms with E-state index in [2.05, 4.69) is 14.9 Å². The number of benzene rings is 1. The molecule has 2 rings (SSSR count). The molecule has 0 saturated heterocycles. The van der Waals surface area contributed by atoms with E-state index in [1.165, 1.54) is 12.1 Å². The molecule has 1 N–H and O–H groups in total. The Morgan fingerprint density at radius 3 is 2.38 bits per heavy atom. The van der Waals surface area contributed by atoms with E-state index in [0.29, 0.717) is 24.7 Å². The summed E-state index contributed by atoms with van der Waals surface area (Å²) in [6.07, 6.45) is 0.553. The van der Waals surface area contributed by atoms with Gasteiger partial charge in [-0.3, -0.25) is 0 Å². The van der Waals surface area contributed by atoms with Crippen molar-refractivity contribution in [1.29, 1.82) is 0 Å². The van der Waals surface area contributed by atoms with Crippen molar-refractivity contribution in [3.63, 3.8) is 0 Å². The molecule has 24 heavy (non-hydrogen) atoms. The summed E-state index contributed by atoms with van der Waals surface area (Å²) in [7, 11) is -3.71. The maximum Gasteiger partial charge on any atom is 0.241 e. The number of aromatic nitrogens is 2. The molecule has 1 atom stereocenters. The Morgan fingerprint density at radius 2 is 1.88 bits per heavy atom. The molecule has 1 aromatic carbocycles. The summed E-state index contributed by atoms with van der Waals surface area (Å²) in [4.78, 5) is 0.163. The molecule has 132 valence electrons. The fraction of sp³-hybridized carbons (Fsp3) is 0.500. The molecule has 0 spiro atoms. The Hall–Kier alpha value is -1.93. The van der Waals surface area contributed by atoms with Gasteiger partial charge >= 0.3 is 0 Å². The number of ether oxygens (including phenoxy) is 1. The van der Waals surface area contributed by atoms with Crippen LogP contribution >= 0.6 is 0 Å². The second-order valence-corrected chi connectivity index (χ2v) is 7.58. The molecule has 0 bridgehead atoms.